The van der Waals surface area contributed by atoms with E-state index in [0.29, 0.717) is 31.9 Å². The molecule has 30 heavy (non-hydrogen) atoms. The van der Waals surface area contributed by atoms with Crippen LogP contribution in [0.3, 0.4) is 0 Å². The molecule has 3 aromatic rings. The normalized spacial score (nSPS) is 16.8. The van der Waals surface area contributed by atoms with Gasteiger partial charge in [-0.3, -0.25) is 9.59 Å². The molecule has 4 rings (SSSR count). The third kappa shape index (κ3) is 4.32. The van der Waals surface area contributed by atoms with Crippen LogP contribution in [0.15, 0.2) is 40.2 Å². The average Bonchev–Trinajstić information content (AvgIpc) is 3.25. The Bertz CT molecular complexity index is 1090. The van der Waals surface area contributed by atoms with Gasteiger partial charge in [0.05, 0.1) is 26.5 Å². The number of benzene rings is 1. The fraction of sp³-hybridized carbons (Fsp3) is 0.391. The van der Waals surface area contributed by atoms with Gasteiger partial charge in [0.15, 0.2) is 0 Å². The second-order valence-electron chi connectivity index (χ2n) is 7.75. The maximum absolute atomic E-state index is 13.5. The van der Waals surface area contributed by atoms with Crippen LogP contribution in [0.1, 0.15) is 41.4 Å². The van der Waals surface area contributed by atoms with Crippen LogP contribution in [0.25, 0.3) is 10.2 Å². The minimum Gasteiger partial charge on any atom is -0.466 e. The van der Waals surface area contributed by atoms with Crippen molar-refractivity contribution in [2.75, 3.05) is 19.7 Å². The Labute approximate surface area is 188 Å². The smallest absolute Gasteiger partial charge is 0.310 e. The van der Waals surface area contributed by atoms with E-state index in [1.807, 2.05) is 24.0 Å². The lowest BCUT2D eigenvalue weighted by atomic mass is 9.98. The molecule has 1 atom stereocenters. The average molecular weight is 489 g/mol. The molecular formula is C23H25BrN2O3S. The van der Waals surface area contributed by atoms with Crippen molar-refractivity contribution in [3.8, 4) is 0 Å². The highest BCUT2D eigenvalue weighted by atomic mass is 79.9. The summed E-state index contributed by atoms with van der Waals surface area (Å²) in [5.41, 5.74) is 4.08. The van der Waals surface area contributed by atoms with Gasteiger partial charge in [0.2, 0.25) is 0 Å². The van der Waals surface area contributed by atoms with Gasteiger partial charge in [0.25, 0.3) is 5.91 Å². The highest BCUT2D eigenvalue weighted by molar-refractivity contribution is 9.11. The van der Waals surface area contributed by atoms with E-state index in [-0.39, 0.29) is 17.8 Å². The van der Waals surface area contributed by atoms with Crippen LogP contribution in [-0.4, -0.2) is 41.0 Å². The number of halogens is 1. The summed E-state index contributed by atoms with van der Waals surface area (Å²) in [5, 5.41) is 0. The van der Waals surface area contributed by atoms with Crippen molar-refractivity contribution in [3.63, 3.8) is 0 Å². The van der Waals surface area contributed by atoms with E-state index in [9.17, 15) is 9.59 Å². The van der Waals surface area contributed by atoms with Crippen LogP contribution in [0.5, 0.6) is 0 Å². The molecule has 0 N–H and O–H groups in total. The molecule has 0 aliphatic carbocycles. The summed E-state index contributed by atoms with van der Waals surface area (Å²) >= 11 is 5.20. The van der Waals surface area contributed by atoms with E-state index in [4.69, 9.17) is 4.74 Å². The van der Waals surface area contributed by atoms with Crippen molar-refractivity contribution >= 4 is 49.4 Å². The van der Waals surface area contributed by atoms with Gasteiger partial charge in [-0.1, -0.05) is 29.8 Å². The van der Waals surface area contributed by atoms with Gasteiger partial charge < -0.3 is 14.2 Å². The monoisotopic (exact) mass is 488 g/mol. The number of ether oxygens (including phenoxy) is 1. The predicted octanol–water partition coefficient (Wildman–Crippen LogP) is 5.24. The highest BCUT2D eigenvalue weighted by Crippen LogP contribution is 2.34. The maximum Gasteiger partial charge on any atom is 0.310 e. The number of nitrogens with zero attached hydrogens (tertiary/aromatic N) is 2. The standard InChI is InChI=1S/C23H25BrN2O3S/c1-3-29-23(28)17-8-5-9-25(14-17)22(27)19-11-20-18(12-21(24)30-20)26(19)13-16-7-4-6-15(2)10-16/h4,6-7,10-12,17H,3,5,8-9,13-14H2,1-2H3. The number of hydrogen-bond acceptors (Lipinski definition) is 4. The number of rotatable bonds is 5. The second kappa shape index (κ2) is 8.94. The molecule has 2 aromatic heterocycles. The molecule has 1 unspecified atom stereocenters. The molecule has 1 aromatic carbocycles. The predicted molar refractivity (Wildman–Crippen MR) is 123 cm³/mol. The molecular weight excluding hydrogens is 464 g/mol. The number of carbonyl (C=O) groups is 2. The third-order valence-electron chi connectivity index (χ3n) is 5.53. The van der Waals surface area contributed by atoms with E-state index in [1.165, 1.54) is 5.56 Å². The summed E-state index contributed by atoms with van der Waals surface area (Å²) in [5.74, 6) is -0.454. The largest absolute Gasteiger partial charge is 0.466 e. The Morgan fingerprint density at radius 3 is 2.87 bits per heavy atom. The number of piperidine rings is 1. The number of fused-ring (bicyclic) bond motifs is 1. The summed E-state index contributed by atoms with van der Waals surface area (Å²) in [6.07, 6.45) is 1.59. The van der Waals surface area contributed by atoms with Gasteiger partial charge in [0.1, 0.15) is 5.69 Å². The minimum absolute atomic E-state index is 0.0174. The molecule has 0 radical (unpaired) electrons. The molecule has 0 saturated carbocycles. The molecule has 0 bridgehead atoms. The van der Waals surface area contributed by atoms with Gasteiger partial charge in [-0.15, -0.1) is 11.3 Å². The molecule has 1 fully saturated rings. The number of likely N-dealkylation sites (tertiary alicyclic amines) is 1. The first kappa shape index (κ1) is 21.1. The van der Waals surface area contributed by atoms with Crippen molar-refractivity contribution in [3.05, 3.63) is 57.0 Å². The zero-order chi connectivity index (χ0) is 21.3. The fourth-order valence-electron chi connectivity index (χ4n) is 4.13. The van der Waals surface area contributed by atoms with Crippen LogP contribution >= 0.6 is 27.3 Å². The van der Waals surface area contributed by atoms with E-state index in [2.05, 4.69) is 51.7 Å². The van der Waals surface area contributed by atoms with Crippen LogP contribution < -0.4 is 0 Å². The quantitative estimate of drug-likeness (QED) is 0.461. The van der Waals surface area contributed by atoms with Crippen LogP contribution in [0.4, 0.5) is 0 Å². The molecule has 158 valence electrons. The number of esters is 1. The Morgan fingerprint density at radius 2 is 2.10 bits per heavy atom. The van der Waals surface area contributed by atoms with E-state index in [1.54, 1.807) is 11.3 Å². The van der Waals surface area contributed by atoms with Crippen molar-refractivity contribution in [1.82, 2.24) is 9.47 Å². The zero-order valence-corrected chi connectivity index (χ0v) is 19.6. The Morgan fingerprint density at radius 1 is 1.27 bits per heavy atom. The Balaban J connectivity index is 1.65. The van der Waals surface area contributed by atoms with Crippen molar-refractivity contribution in [2.45, 2.75) is 33.2 Å². The van der Waals surface area contributed by atoms with Crippen molar-refractivity contribution < 1.29 is 14.3 Å². The number of aryl methyl sites for hydroxylation is 1. The van der Waals surface area contributed by atoms with Crippen molar-refractivity contribution in [1.29, 1.82) is 0 Å². The summed E-state index contributed by atoms with van der Waals surface area (Å²) in [7, 11) is 0. The molecule has 1 aliphatic heterocycles. The lowest BCUT2D eigenvalue weighted by Gasteiger charge is -2.31. The first-order valence-electron chi connectivity index (χ1n) is 10.3. The lowest BCUT2D eigenvalue weighted by molar-refractivity contribution is -0.149. The zero-order valence-electron chi connectivity index (χ0n) is 17.2. The lowest BCUT2D eigenvalue weighted by Crippen LogP contribution is -2.43. The number of hydrogen-bond donors (Lipinski definition) is 0. The third-order valence-corrected chi connectivity index (χ3v) is 7.10. The fourth-order valence-corrected chi connectivity index (χ4v) is 5.69. The van der Waals surface area contributed by atoms with Gasteiger partial charge in [-0.05, 0) is 60.3 Å². The number of carbonyl (C=O) groups excluding carboxylic acids is 2. The summed E-state index contributed by atoms with van der Waals surface area (Å²) in [6.45, 7) is 5.97. The van der Waals surface area contributed by atoms with E-state index in [0.717, 1.165) is 32.4 Å². The maximum atomic E-state index is 13.5. The van der Waals surface area contributed by atoms with Crippen LogP contribution in [0, 0.1) is 12.8 Å². The summed E-state index contributed by atoms with van der Waals surface area (Å²) in [6, 6.07) is 12.4. The number of thiophene rings is 1. The van der Waals surface area contributed by atoms with Gasteiger partial charge >= 0.3 is 5.97 Å². The molecule has 0 spiro atoms. The molecule has 1 aliphatic rings. The summed E-state index contributed by atoms with van der Waals surface area (Å²) in [4.78, 5) is 27.5. The topological polar surface area (TPSA) is 51.5 Å². The molecule has 7 heteroatoms. The van der Waals surface area contributed by atoms with Gasteiger partial charge in [-0.2, -0.15) is 0 Å². The SMILES string of the molecule is CCOC(=O)C1CCCN(C(=O)c2cc3sc(Br)cc3n2Cc2cccc(C)c2)C1. The first-order valence-corrected chi connectivity index (χ1v) is 11.9. The first-order chi connectivity index (χ1) is 14.5. The highest BCUT2D eigenvalue weighted by Gasteiger charge is 2.31. The molecule has 1 amide bonds. The van der Waals surface area contributed by atoms with Gasteiger partial charge in [-0.25, -0.2) is 0 Å². The molecule has 5 nitrogen and oxygen atoms in total. The summed E-state index contributed by atoms with van der Waals surface area (Å²) < 4.78 is 9.42. The van der Waals surface area contributed by atoms with E-state index < -0.39 is 0 Å². The second-order valence-corrected chi connectivity index (χ2v) is 10.2. The molecule has 1 saturated heterocycles. The number of amides is 1. The van der Waals surface area contributed by atoms with Crippen LogP contribution in [-0.2, 0) is 16.1 Å². The van der Waals surface area contributed by atoms with E-state index >= 15 is 0 Å². The molecule has 3 heterocycles. The Kier molecular flexibility index (Phi) is 6.29. The van der Waals surface area contributed by atoms with Gasteiger partial charge in [0, 0.05) is 19.6 Å². The van der Waals surface area contributed by atoms with Crippen LogP contribution in [0.2, 0.25) is 0 Å². The Hall–Kier alpha value is -2.12. The minimum atomic E-state index is -0.238. The number of aromatic nitrogens is 1. The van der Waals surface area contributed by atoms with Crippen molar-refractivity contribution in [2.24, 2.45) is 5.92 Å².